The minimum atomic E-state index is -0.585. The fraction of sp³-hybridized carbons (Fsp3) is 0.143. The highest BCUT2D eigenvalue weighted by Crippen LogP contribution is 2.22. The number of amides is 1. The van der Waals surface area contributed by atoms with Gasteiger partial charge < -0.3 is 9.47 Å². The van der Waals surface area contributed by atoms with Crippen molar-refractivity contribution >= 4 is 23.1 Å². The van der Waals surface area contributed by atoms with E-state index in [4.69, 9.17) is 9.47 Å². The highest BCUT2D eigenvalue weighted by atomic mass is 16.5. The molecule has 132 valence electrons. The number of rotatable bonds is 6. The van der Waals surface area contributed by atoms with Gasteiger partial charge in [0.2, 0.25) is 0 Å². The molecule has 3 rings (SSSR count). The zero-order chi connectivity index (χ0) is 18.2. The normalized spacial score (nSPS) is 10.8. The standard InChI is InChI=1S/C21H20N2O3/c1-2-25-21(24)23-22-14-17-9-4-6-13-20(17)26-15-18-11-7-10-16-8-3-5-12-19(16)18/h3-14H,2,15H2,1H3,(H,23,24)/b22-14-. The fourth-order valence-corrected chi connectivity index (χ4v) is 2.61. The third kappa shape index (κ3) is 4.39. The van der Waals surface area contributed by atoms with E-state index in [1.54, 1.807) is 6.92 Å². The summed E-state index contributed by atoms with van der Waals surface area (Å²) in [6.07, 6.45) is 0.952. The molecule has 0 radical (unpaired) electrons. The number of carbonyl (C=O) groups is 1. The number of hydrogen-bond acceptors (Lipinski definition) is 4. The maximum absolute atomic E-state index is 11.3. The first kappa shape index (κ1) is 17.5. The number of benzene rings is 3. The van der Waals surface area contributed by atoms with Crippen LogP contribution in [0, 0.1) is 0 Å². The van der Waals surface area contributed by atoms with Gasteiger partial charge in [0.25, 0.3) is 0 Å². The minimum Gasteiger partial charge on any atom is -0.488 e. The van der Waals surface area contributed by atoms with Gasteiger partial charge in [-0.15, -0.1) is 0 Å². The van der Waals surface area contributed by atoms with Gasteiger partial charge in [-0.05, 0) is 35.4 Å². The fourth-order valence-electron chi connectivity index (χ4n) is 2.61. The predicted octanol–water partition coefficient (Wildman–Crippen LogP) is 4.50. The number of hydrazone groups is 1. The molecule has 0 saturated heterocycles. The van der Waals surface area contributed by atoms with Gasteiger partial charge in [-0.2, -0.15) is 5.10 Å². The molecule has 0 aliphatic carbocycles. The molecule has 0 unspecified atom stereocenters. The first-order chi connectivity index (χ1) is 12.8. The van der Waals surface area contributed by atoms with Crippen LogP contribution in [0.1, 0.15) is 18.1 Å². The smallest absolute Gasteiger partial charge is 0.427 e. The predicted molar refractivity (Wildman–Crippen MR) is 102 cm³/mol. The van der Waals surface area contributed by atoms with Crippen LogP contribution < -0.4 is 10.2 Å². The number of para-hydroxylation sites is 1. The van der Waals surface area contributed by atoms with E-state index >= 15 is 0 Å². The number of ether oxygens (including phenoxy) is 2. The Labute approximate surface area is 152 Å². The zero-order valence-electron chi connectivity index (χ0n) is 14.5. The van der Waals surface area contributed by atoms with Crippen molar-refractivity contribution in [1.82, 2.24) is 5.43 Å². The summed E-state index contributed by atoms with van der Waals surface area (Å²) in [5, 5.41) is 6.25. The Balaban J connectivity index is 1.72. The van der Waals surface area contributed by atoms with E-state index in [0.29, 0.717) is 19.0 Å². The van der Waals surface area contributed by atoms with Crippen LogP contribution in [0.2, 0.25) is 0 Å². The number of hydrogen-bond donors (Lipinski definition) is 1. The molecule has 0 aliphatic rings. The first-order valence-electron chi connectivity index (χ1n) is 8.42. The molecule has 0 spiro atoms. The van der Waals surface area contributed by atoms with E-state index < -0.39 is 6.09 Å². The van der Waals surface area contributed by atoms with E-state index in [2.05, 4.69) is 34.8 Å². The average Bonchev–Trinajstić information content (AvgIpc) is 2.67. The van der Waals surface area contributed by atoms with Crippen molar-refractivity contribution in [3.05, 3.63) is 77.9 Å². The Morgan fingerprint density at radius 1 is 1.04 bits per heavy atom. The number of nitrogens with one attached hydrogen (secondary N) is 1. The number of carbonyl (C=O) groups excluding carboxylic acids is 1. The molecule has 5 nitrogen and oxygen atoms in total. The molecular formula is C21H20N2O3. The van der Waals surface area contributed by atoms with Crippen LogP contribution in [-0.4, -0.2) is 18.9 Å². The highest BCUT2D eigenvalue weighted by Gasteiger charge is 2.05. The summed E-state index contributed by atoms with van der Waals surface area (Å²) in [5.41, 5.74) is 4.19. The lowest BCUT2D eigenvalue weighted by molar-refractivity contribution is 0.152. The van der Waals surface area contributed by atoms with Crippen molar-refractivity contribution < 1.29 is 14.3 Å². The lowest BCUT2D eigenvalue weighted by Crippen LogP contribution is -2.18. The molecule has 0 saturated carbocycles. The molecule has 26 heavy (non-hydrogen) atoms. The van der Waals surface area contributed by atoms with Crippen molar-refractivity contribution in [2.24, 2.45) is 5.10 Å². The van der Waals surface area contributed by atoms with Crippen LogP contribution in [0.5, 0.6) is 5.75 Å². The average molecular weight is 348 g/mol. The maximum Gasteiger partial charge on any atom is 0.427 e. The molecule has 0 atom stereocenters. The lowest BCUT2D eigenvalue weighted by atomic mass is 10.1. The second-order valence-electron chi connectivity index (χ2n) is 5.56. The third-order valence-corrected chi connectivity index (χ3v) is 3.82. The molecule has 1 amide bonds. The molecule has 0 fully saturated rings. The summed E-state index contributed by atoms with van der Waals surface area (Å²) < 4.78 is 10.8. The number of fused-ring (bicyclic) bond motifs is 1. The topological polar surface area (TPSA) is 59.9 Å². The molecule has 0 aromatic heterocycles. The van der Waals surface area contributed by atoms with Crippen molar-refractivity contribution in [2.75, 3.05) is 6.61 Å². The van der Waals surface area contributed by atoms with Gasteiger partial charge in [0.05, 0.1) is 12.8 Å². The highest BCUT2D eigenvalue weighted by molar-refractivity contribution is 5.86. The monoisotopic (exact) mass is 348 g/mol. The van der Waals surface area contributed by atoms with Gasteiger partial charge >= 0.3 is 6.09 Å². The van der Waals surface area contributed by atoms with Crippen molar-refractivity contribution in [3.8, 4) is 5.75 Å². The van der Waals surface area contributed by atoms with E-state index in [0.717, 1.165) is 11.1 Å². The Morgan fingerprint density at radius 3 is 2.69 bits per heavy atom. The third-order valence-electron chi connectivity index (χ3n) is 3.82. The summed E-state index contributed by atoms with van der Waals surface area (Å²) in [4.78, 5) is 11.3. The van der Waals surface area contributed by atoms with Crippen LogP contribution >= 0.6 is 0 Å². The van der Waals surface area contributed by atoms with Gasteiger partial charge in [-0.3, -0.25) is 0 Å². The number of nitrogens with zero attached hydrogens (tertiary/aromatic N) is 1. The summed E-state index contributed by atoms with van der Waals surface area (Å²) in [5.74, 6) is 0.690. The SMILES string of the molecule is CCOC(=O)N/N=C\c1ccccc1OCc1cccc2ccccc12. The molecule has 5 heteroatoms. The molecule has 3 aromatic rings. The van der Waals surface area contributed by atoms with Crippen LogP contribution in [0.25, 0.3) is 10.8 Å². The second-order valence-corrected chi connectivity index (χ2v) is 5.56. The second kappa shape index (κ2) is 8.67. The Hall–Kier alpha value is -3.34. The summed E-state index contributed by atoms with van der Waals surface area (Å²) in [6.45, 7) is 2.48. The van der Waals surface area contributed by atoms with Gasteiger partial charge in [0, 0.05) is 5.56 Å². The quantitative estimate of drug-likeness (QED) is 0.527. The van der Waals surface area contributed by atoms with Crippen LogP contribution in [0.15, 0.2) is 71.8 Å². The van der Waals surface area contributed by atoms with E-state index in [-0.39, 0.29) is 0 Å². The summed E-state index contributed by atoms with van der Waals surface area (Å²) in [7, 11) is 0. The summed E-state index contributed by atoms with van der Waals surface area (Å²) in [6, 6.07) is 21.9. The van der Waals surface area contributed by atoms with Gasteiger partial charge in [-0.25, -0.2) is 10.2 Å². The Bertz CT molecular complexity index is 917. The molecular weight excluding hydrogens is 328 g/mol. The largest absolute Gasteiger partial charge is 0.488 e. The van der Waals surface area contributed by atoms with E-state index in [9.17, 15) is 4.79 Å². The Morgan fingerprint density at radius 2 is 1.81 bits per heavy atom. The molecule has 0 aliphatic heterocycles. The van der Waals surface area contributed by atoms with Gasteiger partial charge in [-0.1, -0.05) is 54.6 Å². The van der Waals surface area contributed by atoms with Crippen molar-refractivity contribution in [2.45, 2.75) is 13.5 Å². The molecule has 1 N–H and O–H groups in total. The van der Waals surface area contributed by atoms with Crippen molar-refractivity contribution in [3.63, 3.8) is 0 Å². The van der Waals surface area contributed by atoms with E-state index in [1.807, 2.05) is 42.5 Å². The lowest BCUT2D eigenvalue weighted by Gasteiger charge is -2.11. The van der Waals surface area contributed by atoms with E-state index in [1.165, 1.54) is 17.0 Å². The first-order valence-corrected chi connectivity index (χ1v) is 8.42. The molecule has 0 bridgehead atoms. The summed E-state index contributed by atoms with van der Waals surface area (Å²) >= 11 is 0. The van der Waals surface area contributed by atoms with Crippen LogP contribution in [0.3, 0.4) is 0 Å². The minimum absolute atomic E-state index is 0.298. The van der Waals surface area contributed by atoms with Gasteiger partial charge in [0.15, 0.2) is 0 Å². The van der Waals surface area contributed by atoms with Crippen LogP contribution in [0.4, 0.5) is 4.79 Å². The molecule has 3 aromatic carbocycles. The maximum atomic E-state index is 11.3. The Kier molecular flexibility index (Phi) is 5.83. The van der Waals surface area contributed by atoms with Gasteiger partial charge in [0.1, 0.15) is 12.4 Å². The zero-order valence-corrected chi connectivity index (χ0v) is 14.5. The van der Waals surface area contributed by atoms with Crippen molar-refractivity contribution in [1.29, 1.82) is 0 Å². The van der Waals surface area contributed by atoms with Crippen LogP contribution in [-0.2, 0) is 11.3 Å². The molecule has 0 heterocycles.